The molecule has 0 saturated heterocycles. The molecule has 2 heterocycles. The molecule has 0 radical (unpaired) electrons. The van der Waals surface area contributed by atoms with E-state index in [-0.39, 0.29) is 5.91 Å². The van der Waals surface area contributed by atoms with Gasteiger partial charge in [-0.1, -0.05) is 41.6 Å². The van der Waals surface area contributed by atoms with E-state index in [1.165, 1.54) is 0 Å². The molecular weight excluding hydrogens is 304 g/mol. The Morgan fingerprint density at radius 2 is 1.58 bits per heavy atom. The van der Waals surface area contributed by atoms with Gasteiger partial charge >= 0.3 is 0 Å². The van der Waals surface area contributed by atoms with Gasteiger partial charge in [-0.15, -0.1) is 5.10 Å². The second-order valence-corrected chi connectivity index (χ2v) is 5.31. The van der Waals surface area contributed by atoms with Crippen molar-refractivity contribution in [2.24, 2.45) is 0 Å². The van der Waals surface area contributed by atoms with Gasteiger partial charge in [0, 0.05) is 11.1 Å². The number of fused-ring (bicyclic) bond motifs is 1. The first-order valence-corrected chi connectivity index (χ1v) is 7.37. The normalized spacial score (nSPS) is 15.2. The largest absolute Gasteiger partial charge is 0.288 e. The molecule has 6 heteroatoms. The van der Waals surface area contributed by atoms with Crippen LogP contribution in [-0.4, -0.2) is 26.8 Å². The summed E-state index contributed by atoms with van der Waals surface area (Å²) in [6.45, 7) is 0. The zero-order valence-electron chi connectivity index (χ0n) is 12.5. The van der Waals surface area contributed by atoms with Crippen molar-refractivity contribution in [1.29, 1.82) is 0 Å². The number of nitrogens with one attached hydrogen (secondary N) is 1. The molecule has 0 fully saturated rings. The number of hydrogen-bond donors (Lipinski definition) is 1. The van der Waals surface area contributed by atoms with Crippen molar-refractivity contribution in [3.8, 4) is 5.69 Å². The summed E-state index contributed by atoms with van der Waals surface area (Å²) in [4.78, 5) is 24.1. The van der Waals surface area contributed by atoms with Gasteiger partial charge in [0.25, 0.3) is 11.8 Å². The zero-order chi connectivity index (χ0) is 16.5. The maximum absolute atomic E-state index is 12.2. The van der Waals surface area contributed by atoms with Crippen molar-refractivity contribution in [3.63, 3.8) is 0 Å². The number of benzene rings is 2. The molecule has 3 aromatic rings. The van der Waals surface area contributed by atoms with Crippen LogP contribution in [0.1, 0.15) is 21.6 Å². The lowest BCUT2D eigenvalue weighted by molar-refractivity contribution is -0.114. The van der Waals surface area contributed by atoms with Crippen molar-refractivity contribution in [1.82, 2.24) is 20.3 Å². The number of hydrogen-bond acceptors (Lipinski definition) is 4. The molecule has 2 aromatic carbocycles. The topological polar surface area (TPSA) is 76.9 Å². The standard InChI is InChI=1S/C18H12N4O2/c23-17-15-9-5-4-8-14(15)16(18(24)19-17)10-12-11-22(21-20-12)13-6-2-1-3-7-13/h1-11H,(H,19,23,24). The first-order valence-electron chi connectivity index (χ1n) is 7.37. The molecule has 0 saturated carbocycles. The van der Waals surface area contributed by atoms with Crippen LogP contribution in [-0.2, 0) is 4.79 Å². The molecule has 1 N–H and O–H groups in total. The smallest absolute Gasteiger partial charge is 0.258 e. The van der Waals surface area contributed by atoms with Crippen LogP contribution in [0.5, 0.6) is 0 Å². The van der Waals surface area contributed by atoms with E-state index in [4.69, 9.17) is 0 Å². The van der Waals surface area contributed by atoms with Gasteiger partial charge in [0.2, 0.25) is 0 Å². The summed E-state index contributed by atoms with van der Waals surface area (Å²) in [5, 5.41) is 10.5. The van der Waals surface area contributed by atoms with Crippen molar-refractivity contribution in [3.05, 3.63) is 77.6 Å². The predicted octanol–water partition coefficient (Wildman–Crippen LogP) is 2.08. The summed E-state index contributed by atoms with van der Waals surface area (Å²) in [5.74, 6) is -0.825. The average Bonchev–Trinajstić information content (AvgIpc) is 3.08. The fraction of sp³-hybridized carbons (Fsp3) is 0. The highest BCUT2D eigenvalue weighted by Gasteiger charge is 2.26. The number of carbonyl (C=O) groups is 2. The minimum atomic E-state index is -0.437. The Labute approximate surface area is 137 Å². The fourth-order valence-corrected chi connectivity index (χ4v) is 2.62. The highest BCUT2D eigenvalue weighted by molar-refractivity contribution is 6.33. The lowest BCUT2D eigenvalue weighted by Crippen LogP contribution is -2.36. The summed E-state index contributed by atoms with van der Waals surface area (Å²) >= 11 is 0. The van der Waals surface area contributed by atoms with Gasteiger partial charge < -0.3 is 0 Å². The number of carbonyl (C=O) groups excluding carboxylic acids is 2. The van der Waals surface area contributed by atoms with E-state index in [9.17, 15) is 9.59 Å². The van der Waals surface area contributed by atoms with Gasteiger partial charge in [0.1, 0.15) is 5.69 Å². The van der Waals surface area contributed by atoms with Gasteiger partial charge in [-0.05, 0) is 24.3 Å². The Morgan fingerprint density at radius 3 is 2.38 bits per heavy atom. The molecule has 0 unspecified atom stereocenters. The number of aromatic nitrogens is 3. The Morgan fingerprint density at radius 1 is 0.875 bits per heavy atom. The predicted molar refractivity (Wildman–Crippen MR) is 88.1 cm³/mol. The molecule has 0 bridgehead atoms. The molecule has 6 nitrogen and oxygen atoms in total. The molecule has 0 spiro atoms. The van der Waals surface area contributed by atoms with E-state index >= 15 is 0 Å². The fourth-order valence-electron chi connectivity index (χ4n) is 2.62. The number of rotatable bonds is 2. The van der Waals surface area contributed by atoms with Crippen LogP contribution in [0.2, 0.25) is 0 Å². The first-order chi connectivity index (χ1) is 11.7. The molecule has 24 heavy (non-hydrogen) atoms. The Hall–Kier alpha value is -3.54. The van der Waals surface area contributed by atoms with Crippen molar-refractivity contribution >= 4 is 23.5 Å². The van der Waals surface area contributed by atoms with E-state index in [1.54, 1.807) is 41.2 Å². The monoisotopic (exact) mass is 316 g/mol. The quantitative estimate of drug-likeness (QED) is 0.580. The van der Waals surface area contributed by atoms with Gasteiger partial charge in [-0.25, -0.2) is 4.68 Å². The molecule has 0 aliphatic carbocycles. The maximum Gasteiger partial charge on any atom is 0.258 e. The number of para-hydroxylation sites is 1. The molecule has 0 atom stereocenters. The number of amides is 2. The minimum Gasteiger partial charge on any atom is -0.288 e. The third kappa shape index (κ3) is 2.40. The van der Waals surface area contributed by atoms with Gasteiger partial charge in [0.05, 0.1) is 17.5 Å². The second-order valence-electron chi connectivity index (χ2n) is 5.31. The van der Waals surface area contributed by atoms with Crippen LogP contribution in [0, 0.1) is 0 Å². The number of imide groups is 1. The van der Waals surface area contributed by atoms with Crippen LogP contribution in [0.3, 0.4) is 0 Å². The lowest BCUT2D eigenvalue weighted by atomic mass is 9.94. The Balaban J connectivity index is 1.76. The maximum atomic E-state index is 12.2. The van der Waals surface area contributed by atoms with E-state index < -0.39 is 5.91 Å². The van der Waals surface area contributed by atoms with E-state index in [1.807, 2.05) is 30.3 Å². The van der Waals surface area contributed by atoms with Crippen LogP contribution in [0.4, 0.5) is 0 Å². The molecular formula is C18H12N4O2. The third-order valence-corrected chi connectivity index (χ3v) is 3.76. The van der Waals surface area contributed by atoms with E-state index in [0.29, 0.717) is 22.4 Å². The second kappa shape index (κ2) is 5.58. The summed E-state index contributed by atoms with van der Waals surface area (Å²) in [6, 6.07) is 16.5. The van der Waals surface area contributed by atoms with Crippen LogP contribution in [0.15, 0.2) is 60.8 Å². The van der Waals surface area contributed by atoms with E-state index in [2.05, 4.69) is 15.6 Å². The van der Waals surface area contributed by atoms with Gasteiger partial charge in [-0.3, -0.25) is 14.9 Å². The highest BCUT2D eigenvalue weighted by atomic mass is 16.2. The summed E-state index contributed by atoms with van der Waals surface area (Å²) < 4.78 is 1.63. The molecule has 2 amide bonds. The van der Waals surface area contributed by atoms with Crippen LogP contribution < -0.4 is 5.32 Å². The van der Waals surface area contributed by atoms with E-state index in [0.717, 1.165) is 5.69 Å². The summed E-state index contributed by atoms with van der Waals surface area (Å²) in [5.41, 5.74) is 2.87. The van der Waals surface area contributed by atoms with Crippen LogP contribution >= 0.6 is 0 Å². The third-order valence-electron chi connectivity index (χ3n) is 3.76. The first kappa shape index (κ1) is 14.1. The molecule has 1 aliphatic heterocycles. The van der Waals surface area contributed by atoms with Crippen molar-refractivity contribution in [2.45, 2.75) is 0 Å². The summed E-state index contributed by atoms with van der Waals surface area (Å²) in [6.07, 6.45) is 3.36. The SMILES string of the molecule is O=C1NC(=O)c2ccccc2C1=Cc1cn(-c2ccccc2)nn1. The molecule has 1 aromatic heterocycles. The van der Waals surface area contributed by atoms with Crippen molar-refractivity contribution < 1.29 is 9.59 Å². The molecule has 4 rings (SSSR count). The average molecular weight is 316 g/mol. The molecule has 1 aliphatic rings. The Kier molecular flexibility index (Phi) is 3.28. The minimum absolute atomic E-state index is 0.388. The highest BCUT2D eigenvalue weighted by Crippen LogP contribution is 2.25. The van der Waals surface area contributed by atoms with Gasteiger partial charge in [0.15, 0.2) is 0 Å². The Bertz CT molecular complexity index is 973. The lowest BCUT2D eigenvalue weighted by Gasteiger charge is -2.17. The molecule has 116 valence electrons. The summed E-state index contributed by atoms with van der Waals surface area (Å²) in [7, 11) is 0. The number of nitrogens with zero attached hydrogens (tertiary/aromatic N) is 3. The van der Waals surface area contributed by atoms with Gasteiger partial charge in [-0.2, -0.15) is 0 Å². The van der Waals surface area contributed by atoms with Crippen LogP contribution in [0.25, 0.3) is 17.3 Å². The zero-order valence-corrected chi connectivity index (χ0v) is 12.5. The van der Waals surface area contributed by atoms with Crippen molar-refractivity contribution in [2.75, 3.05) is 0 Å².